The van der Waals surface area contributed by atoms with Crippen molar-refractivity contribution in [1.82, 2.24) is 4.90 Å². The van der Waals surface area contributed by atoms with Gasteiger partial charge in [0.2, 0.25) is 5.91 Å². The van der Waals surface area contributed by atoms with Crippen LogP contribution in [0.25, 0.3) is 0 Å². The molecule has 1 N–H and O–H groups in total. The van der Waals surface area contributed by atoms with Crippen LogP contribution in [-0.2, 0) is 4.79 Å². The minimum absolute atomic E-state index is 0.271. The molecule has 0 heterocycles. The van der Waals surface area contributed by atoms with Gasteiger partial charge < -0.3 is 10.0 Å². The fraction of sp³-hybridized carbons (Fsp3) is 0.944. The topological polar surface area (TPSA) is 40.5 Å². The Morgan fingerprint density at radius 3 is 2.10 bits per heavy atom. The zero-order valence-corrected chi connectivity index (χ0v) is 13.3. The number of hydrogen-bond acceptors (Lipinski definition) is 2. The predicted octanol–water partition coefficient (Wildman–Crippen LogP) is 2.82. The summed E-state index contributed by atoms with van der Waals surface area (Å²) in [6.45, 7) is 0.550. The first-order valence-electron chi connectivity index (χ1n) is 9.01. The molecular weight excluding hydrogens is 262 g/mol. The Hall–Kier alpha value is -0.570. The van der Waals surface area contributed by atoms with Gasteiger partial charge in [0.15, 0.2) is 0 Å². The second-order valence-electron chi connectivity index (χ2n) is 8.58. The smallest absolute Gasteiger partial charge is 0.226 e. The van der Waals surface area contributed by atoms with E-state index in [0.717, 1.165) is 37.5 Å². The zero-order chi connectivity index (χ0) is 14.6. The molecule has 0 saturated heterocycles. The van der Waals surface area contributed by atoms with E-state index < -0.39 is 5.60 Å². The number of amides is 1. The highest BCUT2D eigenvalue weighted by molar-refractivity contribution is 5.79. The molecule has 5 saturated carbocycles. The Labute approximate surface area is 128 Å². The van der Waals surface area contributed by atoms with E-state index in [4.69, 9.17) is 0 Å². The van der Waals surface area contributed by atoms with Crippen molar-refractivity contribution in [2.45, 2.75) is 63.4 Å². The van der Waals surface area contributed by atoms with Crippen molar-refractivity contribution in [3.8, 4) is 0 Å². The highest BCUT2D eigenvalue weighted by Crippen LogP contribution is 2.56. The van der Waals surface area contributed by atoms with Crippen LogP contribution in [0.3, 0.4) is 0 Å². The molecule has 3 nitrogen and oxygen atoms in total. The average molecular weight is 291 g/mol. The van der Waals surface area contributed by atoms with Gasteiger partial charge in [0.1, 0.15) is 0 Å². The van der Waals surface area contributed by atoms with Crippen LogP contribution in [0.2, 0.25) is 0 Å². The summed E-state index contributed by atoms with van der Waals surface area (Å²) in [5, 5.41) is 10.6. The predicted molar refractivity (Wildman–Crippen MR) is 81.6 cm³/mol. The fourth-order valence-electron chi connectivity index (χ4n) is 6.29. The molecule has 0 spiro atoms. The summed E-state index contributed by atoms with van der Waals surface area (Å²) in [5.41, 5.74) is -0.601. The maximum absolute atomic E-state index is 13.0. The molecule has 0 aromatic rings. The van der Waals surface area contributed by atoms with Crippen molar-refractivity contribution in [3.05, 3.63) is 0 Å². The SMILES string of the molecule is CN(CC1(O)CCCC1)C(=O)C1C2CC3CC(C2)CC1C3. The number of rotatable bonds is 3. The van der Waals surface area contributed by atoms with Crippen LogP contribution in [0.1, 0.15) is 57.8 Å². The first-order chi connectivity index (χ1) is 10.0. The fourth-order valence-corrected chi connectivity index (χ4v) is 6.29. The first kappa shape index (κ1) is 14.0. The van der Waals surface area contributed by atoms with Gasteiger partial charge in [-0.1, -0.05) is 12.8 Å². The lowest BCUT2D eigenvalue weighted by atomic mass is 9.51. The molecule has 0 aliphatic heterocycles. The van der Waals surface area contributed by atoms with Crippen molar-refractivity contribution in [1.29, 1.82) is 0 Å². The molecule has 5 aliphatic rings. The van der Waals surface area contributed by atoms with Crippen LogP contribution in [0.5, 0.6) is 0 Å². The normalized spacial score (nSPS) is 43.2. The molecule has 5 fully saturated rings. The number of nitrogens with zero attached hydrogens (tertiary/aromatic N) is 1. The summed E-state index contributed by atoms with van der Waals surface area (Å²) in [6, 6.07) is 0. The number of carbonyl (C=O) groups excluding carboxylic acids is 1. The first-order valence-corrected chi connectivity index (χ1v) is 9.01. The quantitative estimate of drug-likeness (QED) is 0.868. The van der Waals surface area contributed by atoms with E-state index in [1.807, 2.05) is 11.9 Å². The number of hydrogen-bond donors (Lipinski definition) is 1. The monoisotopic (exact) mass is 291 g/mol. The summed E-state index contributed by atoms with van der Waals surface area (Å²) in [4.78, 5) is 14.9. The number of aliphatic hydroxyl groups is 1. The van der Waals surface area contributed by atoms with Crippen molar-refractivity contribution in [2.75, 3.05) is 13.6 Å². The van der Waals surface area contributed by atoms with Crippen molar-refractivity contribution >= 4 is 5.91 Å². The molecule has 0 unspecified atom stereocenters. The van der Waals surface area contributed by atoms with Crippen molar-refractivity contribution in [2.24, 2.45) is 29.6 Å². The summed E-state index contributed by atoms with van der Waals surface area (Å²) in [6.07, 6.45) is 10.6. The molecule has 0 aromatic heterocycles. The summed E-state index contributed by atoms with van der Waals surface area (Å²) in [5.74, 6) is 3.74. The highest BCUT2D eigenvalue weighted by atomic mass is 16.3. The van der Waals surface area contributed by atoms with Gasteiger partial charge in [0, 0.05) is 19.5 Å². The maximum Gasteiger partial charge on any atom is 0.226 e. The van der Waals surface area contributed by atoms with Gasteiger partial charge >= 0.3 is 0 Å². The lowest BCUT2D eigenvalue weighted by molar-refractivity contribution is -0.150. The van der Waals surface area contributed by atoms with Crippen LogP contribution in [0.4, 0.5) is 0 Å². The largest absolute Gasteiger partial charge is 0.388 e. The lowest BCUT2D eigenvalue weighted by Crippen LogP contribution is -2.53. The van der Waals surface area contributed by atoms with Gasteiger partial charge in [0.25, 0.3) is 0 Å². The van der Waals surface area contributed by atoms with E-state index in [0.29, 0.717) is 24.3 Å². The third-order valence-corrected chi connectivity index (χ3v) is 6.95. The summed E-state index contributed by atoms with van der Waals surface area (Å²) in [7, 11) is 1.92. The highest BCUT2D eigenvalue weighted by Gasteiger charge is 2.51. The Bertz CT molecular complexity index is 399. The van der Waals surface area contributed by atoms with E-state index in [9.17, 15) is 9.90 Å². The molecule has 0 aromatic carbocycles. The van der Waals surface area contributed by atoms with Crippen LogP contribution in [-0.4, -0.2) is 35.1 Å². The zero-order valence-electron chi connectivity index (χ0n) is 13.3. The van der Waals surface area contributed by atoms with Gasteiger partial charge in [-0.3, -0.25) is 4.79 Å². The standard InChI is InChI=1S/C18H29NO2/c1-19(11-18(21)4-2-3-5-18)17(20)16-14-7-12-6-13(9-14)10-15(16)8-12/h12-16,21H,2-11H2,1H3. The Morgan fingerprint density at radius 2 is 1.57 bits per heavy atom. The molecular formula is C18H29NO2. The molecule has 0 radical (unpaired) electrons. The Balaban J connectivity index is 1.44. The van der Waals surface area contributed by atoms with E-state index in [1.54, 1.807) is 0 Å². The van der Waals surface area contributed by atoms with E-state index in [2.05, 4.69) is 0 Å². The molecule has 4 bridgehead atoms. The van der Waals surface area contributed by atoms with Crippen LogP contribution >= 0.6 is 0 Å². The van der Waals surface area contributed by atoms with E-state index >= 15 is 0 Å². The third-order valence-electron chi connectivity index (χ3n) is 6.95. The van der Waals surface area contributed by atoms with Gasteiger partial charge in [-0.15, -0.1) is 0 Å². The Morgan fingerprint density at radius 1 is 1.05 bits per heavy atom. The van der Waals surface area contributed by atoms with Crippen LogP contribution in [0.15, 0.2) is 0 Å². The number of likely N-dealkylation sites (N-methyl/N-ethyl adjacent to an activating group) is 1. The molecule has 3 heteroatoms. The molecule has 5 aliphatic carbocycles. The van der Waals surface area contributed by atoms with Crippen LogP contribution in [0, 0.1) is 29.6 Å². The molecule has 21 heavy (non-hydrogen) atoms. The van der Waals surface area contributed by atoms with E-state index in [1.165, 1.54) is 32.1 Å². The molecule has 5 rings (SSSR count). The minimum atomic E-state index is -0.601. The average Bonchev–Trinajstić information content (AvgIpc) is 2.83. The number of carbonyl (C=O) groups is 1. The van der Waals surface area contributed by atoms with Crippen molar-refractivity contribution < 1.29 is 9.90 Å². The van der Waals surface area contributed by atoms with E-state index in [-0.39, 0.29) is 5.92 Å². The van der Waals surface area contributed by atoms with Crippen molar-refractivity contribution in [3.63, 3.8) is 0 Å². The molecule has 1 amide bonds. The van der Waals surface area contributed by atoms with Crippen LogP contribution < -0.4 is 0 Å². The second kappa shape index (κ2) is 4.97. The minimum Gasteiger partial charge on any atom is -0.388 e. The van der Waals surface area contributed by atoms with Gasteiger partial charge in [-0.2, -0.15) is 0 Å². The Kier molecular flexibility index (Phi) is 3.33. The molecule has 0 atom stereocenters. The summed E-state index contributed by atoms with van der Waals surface area (Å²) < 4.78 is 0. The van der Waals surface area contributed by atoms with Gasteiger partial charge in [-0.25, -0.2) is 0 Å². The lowest BCUT2D eigenvalue weighted by Gasteiger charge is -2.54. The second-order valence-corrected chi connectivity index (χ2v) is 8.58. The summed E-state index contributed by atoms with van der Waals surface area (Å²) >= 11 is 0. The van der Waals surface area contributed by atoms with Gasteiger partial charge in [0.05, 0.1) is 5.60 Å². The maximum atomic E-state index is 13.0. The molecule has 118 valence electrons. The third kappa shape index (κ3) is 2.42. The van der Waals surface area contributed by atoms with Gasteiger partial charge in [-0.05, 0) is 68.6 Å².